The molecule has 0 aliphatic rings. The average Bonchev–Trinajstić information content (AvgIpc) is 2.84. The zero-order chi connectivity index (χ0) is 14.3. The highest BCUT2D eigenvalue weighted by Gasteiger charge is 2.17. The summed E-state index contributed by atoms with van der Waals surface area (Å²) in [6.45, 7) is 1.99. The second-order valence-corrected chi connectivity index (χ2v) is 5.17. The number of aliphatic hydroxyl groups excluding tert-OH is 1. The molecule has 0 spiro atoms. The van der Waals surface area contributed by atoms with Crippen molar-refractivity contribution in [2.24, 2.45) is 0 Å². The van der Waals surface area contributed by atoms with Gasteiger partial charge in [0.05, 0.1) is 5.02 Å². The van der Waals surface area contributed by atoms with E-state index in [0.29, 0.717) is 16.9 Å². The van der Waals surface area contributed by atoms with E-state index in [4.69, 9.17) is 16.0 Å². The van der Waals surface area contributed by atoms with Crippen LogP contribution in [0.25, 0.3) is 11.0 Å². The molecule has 1 aromatic heterocycles. The maximum Gasteiger partial charge on any atom is 0.141 e. The summed E-state index contributed by atoms with van der Waals surface area (Å²) in [4.78, 5) is 0. The first-order valence-corrected chi connectivity index (χ1v) is 6.55. The highest BCUT2D eigenvalue weighted by Crippen LogP contribution is 2.30. The van der Waals surface area contributed by atoms with Gasteiger partial charge >= 0.3 is 0 Å². The van der Waals surface area contributed by atoms with Crippen molar-refractivity contribution in [2.45, 2.75) is 13.0 Å². The number of rotatable bonds is 2. The minimum absolute atomic E-state index is 0.0199. The van der Waals surface area contributed by atoms with Crippen molar-refractivity contribution >= 4 is 22.6 Å². The van der Waals surface area contributed by atoms with E-state index >= 15 is 0 Å². The smallest absolute Gasteiger partial charge is 0.141 e. The lowest BCUT2D eigenvalue weighted by Crippen LogP contribution is -1.98. The fourth-order valence-corrected chi connectivity index (χ4v) is 2.35. The van der Waals surface area contributed by atoms with Crippen molar-refractivity contribution in [3.05, 3.63) is 70.2 Å². The molecule has 1 atom stereocenters. The fraction of sp³-hybridized carbons (Fsp3) is 0.125. The van der Waals surface area contributed by atoms with Gasteiger partial charge in [-0.2, -0.15) is 0 Å². The zero-order valence-corrected chi connectivity index (χ0v) is 11.5. The van der Waals surface area contributed by atoms with Crippen LogP contribution < -0.4 is 0 Å². The lowest BCUT2D eigenvalue weighted by molar-refractivity contribution is 0.192. The molecule has 0 fully saturated rings. The Morgan fingerprint density at radius 3 is 2.70 bits per heavy atom. The number of aryl methyl sites for hydroxylation is 1. The predicted molar refractivity (Wildman–Crippen MR) is 76.4 cm³/mol. The SMILES string of the molecule is Cc1ccc2oc(C(O)c3ccc(F)c(Cl)c3)cc2c1. The van der Waals surface area contributed by atoms with Gasteiger partial charge < -0.3 is 9.52 Å². The van der Waals surface area contributed by atoms with Gasteiger partial charge in [0.25, 0.3) is 0 Å². The van der Waals surface area contributed by atoms with Gasteiger partial charge in [-0.15, -0.1) is 0 Å². The third-order valence-electron chi connectivity index (χ3n) is 3.22. The molecule has 0 aliphatic heterocycles. The molecule has 102 valence electrons. The summed E-state index contributed by atoms with van der Waals surface area (Å²) in [5.74, 6) is -0.101. The van der Waals surface area contributed by atoms with Gasteiger partial charge in [-0.25, -0.2) is 4.39 Å². The van der Waals surface area contributed by atoms with Crippen molar-refractivity contribution in [3.8, 4) is 0 Å². The van der Waals surface area contributed by atoms with E-state index in [-0.39, 0.29) is 5.02 Å². The molecule has 20 heavy (non-hydrogen) atoms. The first-order chi connectivity index (χ1) is 9.54. The van der Waals surface area contributed by atoms with E-state index < -0.39 is 11.9 Å². The third kappa shape index (κ3) is 2.30. The number of halogens is 2. The summed E-state index contributed by atoms with van der Waals surface area (Å²) >= 11 is 5.73. The number of hydrogen-bond acceptors (Lipinski definition) is 2. The molecule has 0 saturated heterocycles. The first-order valence-electron chi connectivity index (χ1n) is 6.18. The topological polar surface area (TPSA) is 33.4 Å². The second kappa shape index (κ2) is 4.93. The summed E-state index contributed by atoms with van der Waals surface area (Å²) < 4.78 is 18.8. The Kier molecular flexibility index (Phi) is 3.24. The molecular formula is C16H12ClFO2. The Balaban J connectivity index is 2.02. The van der Waals surface area contributed by atoms with Gasteiger partial charge in [0.2, 0.25) is 0 Å². The number of aliphatic hydroxyl groups is 1. The molecule has 0 amide bonds. The Labute approximate surface area is 120 Å². The largest absolute Gasteiger partial charge is 0.458 e. The van der Waals surface area contributed by atoms with E-state index in [1.807, 2.05) is 25.1 Å². The van der Waals surface area contributed by atoms with E-state index in [9.17, 15) is 9.50 Å². The number of fused-ring (bicyclic) bond motifs is 1. The molecule has 1 heterocycles. The normalized spacial score (nSPS) is 12.8. The molecule has 0 bridgehead atoms. The number of hydrogen-bond donors (Lipinski definition) is 1. The Morgan fingerprint density at radius 1 is 1.15 bits per heavy atom. The molecular weight excluding hydrogens is 279 g/mol. The Hall–Kier alpha value is -1.84. The van der Waals surface area contributed by atoms with Crippen LogP contribution in [0.1, 0.15) is 23.0 Å². The monoisotopic (exact) mass is 290 g/mol. The van der Waals surface area contributed by atoms with Crippen molar-refractivity contribution in [3.63, 3.8) is 0 Å². The maximum atomic E-state index is 13.1. The molecule has 2 aromatic carbocycles. The summed E-state index contributed by atoms with van der Waals surface area (Å²) in [7, 11) is 0. The summed E-state index contributed by atoms with van der Waals surface area (Å²) in [5, 5.41) is 11.2. The van der Waals surface area contributed by atoms with E-state index in [0.717, 1.165) is 10.9 Å². The molecule has 0 saturated carbocycles. The van der Waals surface area contributed by atoms with Gasteiger partial charge in [0.1, 0.15) is 23.3 Å². The van der Waals surface area contributed by atoms with Crippen LogP contribution in [0.5, 0.6) is 0 Å². The van der Waals surface area contributed by atoms with Gasteiger partial charge in [0.15, 0.2) is 0 Å². The molecule has 1 N–H and O–H groups in total. The highest BCUT2D eigenvalue weighted by molar-refractivity contribution is 6.30. The Morgan fingerprint density at radius 2 is 1.95 bits per heavy atom. The standard InChI is InChI=1S/C16H12ClFO2/c1-9-2-5-14-11(6-9)8-15(20-14)16(19)10-3-4-13(18)12(17)7-10/h2-8,16,19H,1H3. The zero-order valence-electron chi connectivity index (χ0n) is 10.7. The number of furan rings is 1. The molecule has 3 aromatic rings. The van der Waals surface area contributed by atoms with Crippen LogP contribution in [0.15, 0.2) is 46.9 Å². The summed E-state index contributed by atoms with van der Waals surface area (Å²) in [6, 6.07) is 11.7. The van der Waals surface area contributed by atoms with Crippen molar-refractivity contribution < 1.29 is 13.9 Å². The molecule has 3 rings (SSSR count). The molecule has 4 heteroatoms. The van der Waals surface area contributed by atoms with Crippen molar-refractivity contribution in [2.75, 3.05) is 0 Å². The molecule has 1 unspecified atom stereocenters. The maximum absolute atomic E-state index is 13.1. The fourth-order valence-electron chi connectivity index (χ4n) is 2.16. The van der Waals surface area contributed by atoms with Crippen LogP contribution in [-0.4, -0.2) is 5.11 Å². The minimum atomic E-state index is -0.971. The number of benzene rings is 2. The van der Waals surface area contributed by atoms with Crippen LogP contribution in [0, 0.1) is 12.7 Å². The van der Waals surface area contributed by atoms with Crippen molar-refractivity contribution in [1.82, 2.24) is 0 Å². The quantitative estimate of drug-likeness (QED) is 0.747. The molecule has 2 nitrogen and oxygen atoms in total. The van der Waals surface area contributed by atoms with Crippen LogP contribution in [0.2, 0.25) is 5.02 Å². The van der Waals surface area contributed by atoms with E-state index in [1.165, 1.54) is 18.2 Å². The van der Waals surface area contributed by atoms with Crippen LogP contribution in [0.3, 0.4) is 0 Å². The summed E-state index contributed by atoms with van der Waals surface area (Å²) in [6.07, 6.45) is -0.971. The molecule has 0 aliphatic carbocycles. The Bertz CT molecular complexity index is 779. The van der Waals surface area contributed by atoms with Gasteiger partial charge in [-0.05, 0) is 42.8 Å². The third-order valence-corrected chi connectivity index (χ3v) is 3.51. The lowest BCUT2D eigenvalue weighted by Gasteiger charge is -2.08. The lowest BCUT2D eigenvalue weighted by atomic mass is 10.1. The van der Waals surface area contributed by atoms with Crippen LogP contribution in [-0.2, 0) is 0 Å². The van der Waals surface area contributed by atoms with Crippen LogP contribution in [0.4, 0.5) is 4.39 Å². The molecule has 0 radical (unpaired) electrons. The van der Waals surface area contributed by atoms with Gasteiger partial charge in [-0.3, -0.25) is 0 Å². The van der Waals surface area contributed by atoms with E-state index in [1.54, 1.807) is 6.07 Å². The van der Waals surface area contributed by atoms with Crippen molar-refractivity contribution in [1.29, 1.82) is 0 Å². The predicted octanol–water partition coefficient (Wildman–Crippen LogP) is 4.62. The minimum Gasteiger partial charge on any atom is -0.458 e. The highest BCUT2D eigenvalue weighted by atomic mass is 35.5. The van der Waals surface area contributed by atoms with Crippen LogP contribution >= 0.6 is 11.6 Å². The summed E-state index contributed by atoms with van der Waals surface area (Å²) in [5.41, 5.74) is 2.31. The average molecular weight is 291 g/mol. The van der Waals surface area contributed by atoms with Gasteiger partial charge in [-0.1, -0.05) is 29.3 Å². The van der Waals surface area contributed by atoms with E-state index in [2.05, 4.69) is 0 Å². The first kappa shape index (κ1) is 13.2. The van der Waals surface area contributed by atoms with Gasteiger partial charge in [0, 0.05) is 5.39 Å². The second-order valence-electron chi connectivity index (χ2n) is 4.77.